The van der Waals surface area contributed by atoms with Crippen LogP contribution in [0.1, 0.15) is 6.92 Å². The van der Waals surface area contributed by atoms with Gasteiger partial charge in [0.2, 0.25) is 6.79 Å². The molecule has 0 unspecified atom stereocenters. The van der Waals surface area contributed by atoms with Crippen LogP contribution in [0.2, 0.25) is 0 Å². The fraction of sp³-hybridized carbons (Fsp3) is 0.429. The molecule has 4 heteroatoms. The number of benzene rings is 1. The van der Waals surface area contributed by atoms with Gasteiger partial charge in [0.1, 0.15) is 0 Å². The second kappa shape index (κ2) is 4.21. The highest BCUT2D eigenvalue weighted by atomic mass is 16.7. The zero-order valence-electron chi connectivity index (χ0n) is 11.0. The maximum atomic E-state index is 5.44. The van der Waals surface area contributed by atoms with Gasteiger partial charge < -0.3 is 18.9 Å². The molecule has 1 atom stereocenters. The molecule has 1 aliphatic heterocycles. The first-order valence-corrected chi connectivity index (χ1v) is 6.20. The second-order valence-electron chi connectivity index (χ2n) is 5.05. The Morgan fingerprint density at radius 3 is 2.72 bits per heavy atom. The van der Waals surface area contributed by atoms with Crippen LogP contribution in [0.5, 0.6) is 11.5 Å². The topological polar surface area (TPSA) is 26.6 Å². The van der Waals surface area contributed by atoms with Crippen LogP contribution in [0.25, 0.3) is 10.9 Å². The van der Waals surface area contributed by atoms with Gasteiger partial charge in [-0.3, -0.25) is 0 Å². The molecule has 0 radical (unpaired) electrons. The summed E-state index contributed by atoms with van der Waals surface area (Å²) in [4.78, 5) is 2.22. The number of rotatable bonds is 3. The Hall–Kier alpha value is -1.68. The summed E-state index contributed by atoms with van der Waals surface area (Å²) in [7, 11) is 4.20. The summed E-state index contributed by atoms with van der Waals surface area (Å²) in [5, 5.41) is 1.20. The van der Waals surface area contributed by atoms with Gasteiger partial charge in [0, 0.05) is 30.2 Å². The van der Waals surface area contributed by atoms with E-state index in [0.29, 0.717) is 12.8 Å². The number of ether oxygens (including phenoxy) is 2. The van der Waals surface area contributed by atoms with Crippen molar-refractivity contribution in [3.05, 3.63) is 24.4 Å². The molecule has 1 aliphatic rings. The van der Waals surface area contributed by atoms with Crippen molar-refractivity contribution in [2.75, 3.05) is 20.9 Å². The van der Waals surface area contributed by atoms with Crippen LogP contribution < -0.4 is 9.47 Å². The van der Waals surface area contributed by atoms with Crippen LogP contribution in [0.4, 0.5) is 0 Å². The van der Waals surface area contributed by atoms with Crippen molar-refractivity contribution in [2.45, 2.75) is 19.5 Å². The van der Waals surface area contributed by atoms with Crippen molar-refractivity contribution in [3.8, 4) is 11.5 Å². The summed E-state index contributed by atoms with van der Waals surface area (Å²) in [6, 6.07) is 6.74. The van der Waals surface area contributed by atoms with Crippen LogP contribution >= 0.6 is 0 Å². The molecule has 3 rings (SSSR count). The molecule has 0 saturated heterocycles. The Morgan fingerprint density at radius 2 is 2.00 bits per heavy atom. The van der Waals surface area contributed by atoms with E-state index in [9.17, 15) is 0 Å². The molecule has 0 spiro atoms. The van der Waals surface area contributed by atoms with Crippen LogP contribution in [-0.4, -0.2) is 36.4 Å². The van der Waals surface area contributed by atoms with E-state index >= 15 is 0 Å². The Morgan fingerprint density at radius 1 is 1.28 bits per heavy atom. The lowest BCUT2D eigenvalue weighted by Crippen LogP contribution is -2.28. The normalized spacial score (nSPS) is 15.6. The zero-order valence-corrected chi connectivity index (χ0v) is 11.0. The van der Waals surface area contributed by atoms with Crippen LogP contribution in [0.3, 0.4) is 0 Å². The summed E-state index contributed by atoms with van der Waals surface area (Å²) >= 11 is 0. The fourth-order valence-corrected chi connectivity index (χ4v) is 2.19. The third-order valence-corrected chi connectivity index (χ3v) is 3.61. The predicted octanol–water partition coefficient (Wildman–Crippen LogP) is 2.32. The molecule has 0 saturated carbocycles. The highest BCUT2D eigenvalue weighted by molar-refractivity contribution is 5.84. The van der Waals surface area contributed by atoms with E-state index in [2.05, 4.69) is 54.9 Å². The number of hydrogen-bond donors (Lipinski definition) is 0. The smallest absolute Gasteiger partial charge is 0.231 e. The van der Waals surface area contributed by atoms with Crippen molar-refractivity contribution >= 4 is 10.9 Å². The van der Waals surface area contributed by atoms with Gasteiger partial charge in [0.15, 0.2) is 11.5 Å². The molecule has 0 fully saturated rings. The Bertz CT molecular complexity index is 574. The van der Waals surface area contributed by atoms with E-state index in [1.807, 2.05) is 0 Å². The molecule has 0 N–H and O–H groups in total. The number of fused-ring (bicyclic) bond motifs is 2. The fourth-order valence-electron chi connectivity index (χ4n) is 2.19. The quantitative estimate of drug-likeness (QED) is 0.831. The summed E-state index contributed by atoms with van der Waals surface area (Å²) < 4.78 is 13.1. The standard InChI is InChI=1S/C14H18N2O2/c1-10(15(2)3)8-16-5-4-11-6-13-14(7-12(11)16)18-9-17-13/h4-7,10H,8-9H2,1-3H3/t10-/m0/s1. The van der Waals surface area contributed by atoms with E-state index in [4.69, 9.17) is 9.47 Å². The van der Waals surface area contributed by atoms with Crippen LogP contribution in [0, 0.1) is 0 Å². The molecule has 18 heavy (non-hydrogen) atoms. The zero-order chi connectivity index (χ0) is 12.7. The van der Waals surface area contributed by atoms with Crippen molar-refractivity contribution in [1.29, 1.82) is 0 Å². The lowest BCUT2D eigenvalue weighted by Gasteiger charge is -2.20. The molecule has 0 aliphatic carbocycles. The lowest BCUT2D eigenvalue weighted by molar-refractivity contribution is 0.174. The maximum absolute atomic E-state index is 5.44. The molecule has 1 aromatic carbocycles. The molecule has 4 nitrogen and oxygen atoms in total. The van der Waals surface area contributed by atoms with Gasteiger partial charge in [-0.2, -0.15) is 0 Å². The molecule has 2 aromatic rings. The predicted molar refractivity (Wildman–Crippen MR) is 71.2 cm³/mol. The first-order valence-electron chi connectivity index (χ1n) is 6.20. The number of aromatic nitrogens is 1. The van der Waals surface area contributed by atoms with Gasteiger partial charge in [-0.25, -0.2) is 0 Å². The minimum atomic E-state index is 0.329. The molecule has 0 amide bonds. The number of likely N-dealkylation sites (N-methyl/N-ethyl adjacent to an activating group) is 1. The first-order chi connectivity index (χ1) is 8.65. The second-order valence-corrected chi connectivity index (χ2v) is 5.05. The highest BCUT2D eigenvalue weighted by Gasteiger charge is 2.16. The summed E-state index contributed by atoms with van der Waals surface area (Å²) in [6.45, 7) is 3.52. The van der Waals surface area contributed by atoms with Crippen molar-refractivity contribution in [2.24, 2.45) is 0 Å². The Kier molecular flexibility index (Phi) is 2.67. The minimum Gasteiger partial charge on any atom is -0.454 e. The maximum Gasteiger partial charge on any atom is 0.231 e. The number of hydrogen-bond acceptors (Lipinski definition) is 3. The van der Waals surface area contributed by atoms with Gasteiger partial charge in [0.25, 0.3) is 0 Å². The molecular weight excluding hydrogens is 228 g/mol. The van der Waals surface area contributed by atoms with Gasteiger partial charge in [0.05, 0.1) is 5.52 Å². The van der Waals surface area contributed by atoms with Gasteiger partial charge >= 0.3 is 0 Å². The van der Waals surface area contributed by atoms with Crippen LogP contribution in [-0.2, 0) is 6.54 Å². The van der Waals surface area contributed by atoms with Crippen molar-refractivity contribution < 1.29 is 9.47 Å². The molecule has 1 aromatic heterocycles. The van der Waals surface area contributed by atoms with E-state index in [-0.39, 0.29) is 0 Å². The third kappa shape index (κ3) is 1.82. The molecule has 2 heterocycles. The molecular formula is C14H18N2O2. The highest BCUT2D eigenvalue weighted by Crippen LogP contribution is 2.36. The lowest BCUT2D eigenvalue weighted by atomic mass is 10.2. The van der Waals surface area contributed by atoms with E-state index in [1.54, 1.807) is 0 Å². The monoisotopic (exact) mass is 246 g/mol. The largest absolute Gasteiger partial charge is 0.454 e. The Labute approximate surface area is 107 Å². The summed E-state index contributed by atoms with van der Waals surface area (Å²) in [5.41, 5.74) is 1.20. The summed E-state index contributed by atoms with van der Waals surface area (Å²) in [6.07, 6.45) is 2.12. The average Bonchev–Trinajstić information content (AvgIpc) is 2.93. The summed E-state index contributed by atoms with van der Waals surface area (Å²) in [5.74, 6) is 1.70. The van der Waals surface area contributed by atoms with Crippen molar-refractivity contribution in [3.63, 3.8) is 0 Å². The van der Waals surface area contributed by atoms with Gasteiger partial charge in [-0.05, 0) is 33.2 Å². The van der Waals surface area contributed by atoms with Gasteiger partial charge in [-0.15, -0.1) is 0 Å². The first kappa shape index (κ1) is 11.4. The van der Waals surface area contributed by atoms with Crippen molar-refractivity contribution in [1.82, 2.24) is 9.47 Å². The van der Waals surface area contributed by atoms with Gasteiger partial charge in [-0.1, -0.05) is 0 Å². The SMILES string of the molecule is C[C@@H](Cn1ccc2cc3c(cc21)OCO3)N(C)C. The van der Waals surface area contributed by atoms with E-state index in [1.165, 1.54) is 10.9 Å². The van der Waals surface area contributed by atoms with E-state index < -0.39 is 0 Å². The molecule has 0 bridgehead atoms. The minimum absolute atomic E-state index is 0.329. The van der Waals surface area contributed by atoms with E-state index in [0.717, 1.165) is 18.0 Å². The average molecular weight is 246 g/mol. The Balaban J connectivity index is 1.98. The molecule has 96 valence electrons. The van der Waals surface area contributed by atoms with Crippen LogP contribution in [0.15, 0.2) is 24.4 Å². The third-order valence-electron chi connectivity index (χ3n) is 3.61. The number of nitrogens with zero attached hydrogens (tertiary/aromatic N) is 2.